The minimum atomic E-state index is -0.851. The van der Waals surface area contributed by atoms with Gasteiger partial charge in [0.25, 0.3) is 11.8 Å². The number of ether oxygens (including phenoxy) is 1. The third kappa shape index (κ3) is 3.82. The van der Waals surface area contributed by atoms with Crippen molar-refractivity contribution < 1.29 is 28.8 Å². The van der Waals surface area contributed by atoms with E-state index in [2.05, 4.69) is 5.32 Å². The molecule has 1 fully saturated rings. The third-order valence-electron chi connectivity index (χ3n) is 5.51. The number of hydrogen-bond acceptors (Lipinski definition) is 7. The number of anilines is 1. The summed E-state index contributed by atoms with van der Waals surface area (Å²) in [5.74, 6) is -2.22. The van der Waals surface area contributed by atoms with Crippen LogP contribution < -0.4 is 10.1 Å². The van der Waals surface area contributed by atoms with E-state index >= 15 is 0 Å². The van der Waals surface area contributed by atoms with E-state index in [-0.39, 0.29) is 24.2 Å². The van der Waals surface area contributed by atoms with Crippen molar-refractivity contribution in [3.05, 3.63) is 83.9 Å². The predicted molar refractivity (Wildman–Crippen MR) is 117 cm³/mol. The van der Waals surface area contributed by atoms with Crippen LogP contribution in [0.25, 0.3) is 11.1 Å². The largest absolute Gasteiger partial charge is 0.425 e. The molecule has 1 saturated heterocycles. The zero-order valence-corrected chi connectivity index (χ0v) is 17.3. The average molecular weight is 442 g/mol. The van der Waals surface area contributed by atoms with Crippen LogP contribution in [0.15, 0.2) is 72.8 Å². The van der Waals surface area contributed by atoms with Gasteiger partial charge in [-0.3, -0.25) is 9.59 Å². The van der Waals surface area contributed by atoms with Gasteiger partial charge in [-0.25, -0.2) is 9.59 Å². The van der Waals surface area contributed by atoms with Crippen LogP contribution in [-0.2, 0) is 19.2 Å². The van der Waals surface area contributed by atoms with Crippen LogP contribution in [0.3, 0.4) is 0 Å². The molecule has 0 saturated carbocycles. The molecule has 3 aromatic carbocycles. The first-order chi connectivity index (χ1) is 16.0. The quantitative estimate of drug-likeness (QED) is 0.374. The Hall–Kier alpha value is -4.46. The number of nitrogens with one attached hydrogen (secondary N) is 1. The number of rotatable bonds is 4. The van der Waals surface area contributed by atoms with Crippen molar-refractivity contribution in [1.29, 1.82) is 0 Å². The maximum atomic E-state index is 13.0. The van der Waals surface area contributed by atoms with Crippen molar-refractivity contribution in [2.45, 2.75) is 18.9 Å². The fourth-order valence-corrected chi connectivity index (χ4v) is 3.88. The standard InChI is InChI=1S/C25H18N2O6/c28-21-13-14-22(29)27(21)33-24(30)15-9-11-16(12-10-15)32-25(31)23-19-7-2-1-5-17(19)18-6-3-4-8-20(18)26-23/h1-12,23,26H,13-14H2. The lowest BCUT2D eigenvalue weighted by molar-refractivity contribution is -0.172. The first kappa shape index (κ1) is 20.4. The second-order valence-electron chi connectivity index (χ2n) is 7.62. The van der Waals surface area contributed by atoms with Gasteiger partial charge in [0.05, 0.1) is 5.56 Å². The van der Waals surface area contributed by atoms with Gasteiger partial charge in [0.1, 0.15) is 5.75 Å². The summed E-state index contributed by atoms with van der Waals surface area (Å²) >= 11 is 0. The van der Waals surface area contributed by atoms with E-state index in [1.165, 1.54) is 24.3 Å². The van der Waals surface area contributed by atoms with Gasteiger partial charge in [0, 0.05) is 24.1 Å². The number of nitrogens with zero attached hydrogens (tertiary/aromatic N) is 1. The molecular weight excluding hydrogens is 424 g/mol. The maximum absolute atomic E-state index is 13.0. The lowest BCUT2D eigenvalue weighted by Crippen LogP contribution is -2.32. The van der Waals surface area contributed by atoms with Crippen molar-refractivity contribution in [3.63, 3.8) is 0 Å². The molecule has 8 heteroatoms. The Balaban J connectivity index is 1.30. The van der Waals surface area contributed by atoms with Crippen molar-refractivity contribution in [2.24, 2.45) is 0 Å². The molecule has 2 aliphatic heterocycles. The van der Waals surface area contributed by atoms with E-state index in [9.17, 15) is 19.2 Å². The maximum Gasteiger partial charge on any atom is 0.363 e. The molecule has 164 valence electrons. The van der Waals surface area contributed by atoms with Gasteiger partial charge in [-0.05, 0) is 41.5 Å². The molecule has 8 nitrogen and oxygen atoms in total. The van der Waals surface area contributed by atoms with Crippen molar-refractivity contribution in [3.8, 4) is 16.9 Å². The highest BCUT2D eigenvalue weighted by Gasteiger charge is 2.33. The highest BCUT2D eigenvalue weighted by Crippen LogP contribution is 2.40. The lowest BCUT2D eigenvalue weighted by atomic mass is 9.90. The Morgan fingerprint density at radius 1 is 0.818 bits per heavy atom. The number of hydrogen-bond donors (Lipinski definition) is 1. The summed E-state index contributed by atoms with van der Waals surface area (Å²) < 4.78 is 5.56. The molecular formula is C25H18N2O6. The van der Waals surface area contributed by atoms with Crippen molar-refractivity contribution in [1.82, 2.24) is 5.06 Å². The number of carbonyl (C=O) groups excluding carboxylic acids is 4. The monoisotopic (exact) mass is 442 g/mol. The SMILES string of the molecule is O=C(ON1C(=O)CCC1=O)c1ccc(OC(=O)C2Nc3ccccc3-c3ccccc32)cc1. The van der Waals surface area contributed by atoms with E-state index in [1.54, 1.807) is 0 Å². The first-order valence-corrected chi connectivity index (χ1v) is 10.4. The summed E-state index contributed by atoms with van der Waals surface area (Å²) in [6.45, 7) is 0. The van der Waals surface area contributed by atoms with Crippen LogP contribution in [-0.4, -0.2) is 28.8 Å². The van der Waals surface area contributed by atoms with Crippen LogP contribution in [0.2, 0.25) is 0 Å². The summed E-state index contributed by atoms with van der Waals surface area (Å²) in [7, 11) is 0. The molecule has 5 rings (SSSR count). The Bertz CT molecular complexity index is 1270. The molecule has 0 spiro atoms. The fraction of sp³-hybridized carbons (Fsp3) is 0.120. The molecule has 2 heterocycles. The molecule has 0 aliphatic carbocycles. The number of amides is 2. The van der Waals surface area contributed by atoms with Crippen LogP contribution >= 0.6 is 0 Å². The number of hydroxylamine groups is 2. The Morgan fingerprint density at radius 3 is 2.18 bits per heavy atom. The first-order valence-electron chi connectivity index (χ1n) is 10.4. The van der Waals surface area contributed by atoms with Crippen molar-refractivity contribution >= 4 is 29.4 Å². The Labute approximate surface area is 188 Å². The highest BCUT2D eigenvalue weighted by molar-refractivity contribution is 6.02. The van der Waals surface area contributed by atoms with E-state index in [4.69, 9.17) is 9.57 Å². The normalized spacial score (nSPS) is 16.5. The van der Waals surface area contributed by atoms with Crippen LogP contribution in [0.4, 0.5) is 5.69 Å². The smallest absolute Gasteiger partial charge is 0.363 e. The minimum Gasteiger partial charge on any atom is -0.425 e. The molecule has 0 radical (unpaired) electrons. The van der Waals surface area contributed by atoms with Gasteiger partial charge in [0.2, 0.25) is 0 Å². The van der Waals surface area contributed by atoms with Crippen LogP contribution in [0, 0.1) is 0 Å². The van der Waals surface area contributed by atoms with Gasteiger partial charge in [-0.15, -0.1) is 5.06 Å². The van der Waals surface area contributed by atoms with Gasteiger partial charge >= 0.3 is 11.9 Å². The second-order valence-corrected chi connectivity index (χ2v) is 7.62. The van der Waals surface area contributed by atoms with E-state index in [1.807, 2.05) is 48.5 Å². The number of imide groups is 1. The van der Waals surface area contributed by atoms with E-state index in [0.717, 1.165) is 22.4 Å². The minimum absolute atomic E-state index is 0.0177. The summed E-state index contributed by atoms with van der Waals surface area (Å²) in [6.07, 6.45) is 0.0353. The van der Waals surface area contributed by atoms with Crippen LogP contribution in [0.1, 0.15) is 34.8 Å². The number of esters is 1. The van der Waals surface area contributed by atoms with Gasteiger partial charge in [-0.2, -0.15) is 0 Å². The molecule has 3 aromatic rings. The molecule has 33 heavy (non-hydrogen) atoms. The number of carbonyl (C=O) groups is 4. The Morgan fingerprint density at radius 2 is 1.45 bits per heavy atom. The summed E-state index contributed by atoms with van der Waals surface area (Å²) in [5, 5.41) is 3.72. The highest BCUT2D eigenvalue weighted by atomic mass is 16.7. The molecule has 0 bridgehead atoms. The van der Waals surface area contributed by atoms with Gasteiger partial charge in [0.15, 0.2) is 6.04 Å². The zero-order valence-electron chi connectivity index (χ0n) is 17.3. The van der Waals surface area contributed by atoms with Crippen LogP contribution in [0.5, 0.6) is 5.75 Å². The van der Waals surface area contributed by atoms with Gasteiger partial charge < -0.3 is 14.9 Å². The fourth-order valence-electron chi connectivity index (χ4n) is 3.88. The zero-order chi connectivity index (χ0) is 22.9. The van der Waals surface area contributed by atoms with Crippen molar-refractivity contribution in [2.75, 3.05) is 5.32 Å². The Kier molecular flexibility index (Phi) is 5.10. The predicted octanol–water partition coefficient (Wildman–Crippen LogP) is 3.65. The third-order valence-corrected chi connectivity index (χ3v) is 5.51. The summed E-state index contributed by atoms with van der Waals surface area (Å²) in [4.78, 5) is 53.3. The second kappa shape index (κ2) is 8.23. The number of fused-ring (bicyclic) bond motifs is 3. The number of para-hydroxylation sites is 1. The molecule has 1 unspecified atom stereocenters. The molecule has 2 aliphatic rings. The van der Waals surface area contributed by atoms with E-state index in [0.29, 0.717) is 5.06 Å². The number of benzene rings is 3. The molecule has 0 aromatic heterocycles. The summed E-state index contributed by atoms with van der Waals surface area (Å²) in [5.41, 5.74) is 3.72. The topological polar surface area (TPSA) is 102 Å². The molecule has 1 atom stereocenters. The molecule has 1 N–H and O–H groups in total. The molecule has 2 amide bonds. The van der Waals surface area contributed by atoms with Gasteiger partial charge in [-0.1, -0.05) is 42.5 Å². The average Bonchev–Trinajstić information content (AvgIpc) is 3.16. The van der Waals surface area contributed by atoms with E-state index < -0.39 is 29.8 Å². The lowest BCUT2D eigenvalue weighted by Gasteiger charge is -2.28. The summed E-state index contributed by atoms with van der Waals surface area (Å²) in [6, 6.07) is 20.3.